The van der Waals surface area contributed by atoms with Crippen molar-refractivity contribution in [3.8, 4) is 62.6 Å². The summed E-state index contributed by atoms with van der Waals surface area (Å²) in [7, 11) is 0. The van der Waals surface area contributed by atoms with E-state index in [0.29, 0.717) is 23.3 Å². The first-order valence-electron chi connectivity index (χ1n) is 18.4. The van der Waals surface area contributed by atoms with Crippen LogP contribution in [0.25, 0.3) is 105 Å². The van der Waals surface area contributed by atoms with Crippen molar-refractivity contribution >= 4 is 53.4 Å². The molecule has 262 valence electrons. The van der Waals surface area contributed by atoms with Crippen molar-refractivity contribution in [2.75, 3.05) is 0 Å². The molecule has 0 aliphatic rings. The number of para-hydroxylation sites is 2. The predicted molar refractivity (Wildman–Crippen MR) is 228 cm³/mol. The molecule has 11 rings (SSSR count). The molecule has 0 unspecified atom stereocenters. The first kappa shape index (κ1) is 32.0. The molecule has 8 heteroatoms. The Balaban J connectivity index is 1.06. The molecular weight excluding hydrogens is 707 g/mol. The summed E-state index contributed by atoms with van der Waals surface area (Å²) in [4.78, 5) is 30.2. The standard InChI is InChI=1S/C48H29N7S/c1-4-14-30(15-5-1)45-52-46(31-16-6-2-7-17-31)54-48(53-45)33-24-26-38(49-29-33)43-44-42(36-21-11-13-23-41(36)56-44)50-47(51-43)32-25-27-40-37(28-32)35-20-10-12-22-39(35)55(40)34-18-8-3-9-19-34/h1-29H. The minimum atomic E-state index is 0.551. The van der Waals surface area contributed by atoms with E-state index < -0.39 is 0 Å². The van der Waals surface area contributed by atoms with Crippen LogP contribution in [0.3, 0.4) is 0 Å². The van der Waals surface area contributed by atoms with Gasteiger partial charge in [-0.2, -0.15) is 0 Å². The van der Waals surface area contributed by atoms with E-state index in [9.17, 15) is 0 Å². The van der Waals surface area contributed by atoms with Crippen molar-refractivity contribution in [3.05, 3.63) is 176 Å². The average molecular weight is 736 g/mol. The highest BCUT2D eigenvalue weighted by Gasteiger charge is 2.20. The molecule has 56 heavy (non-hydrogen) atoms. The fourth-order valence-electron chi connectivity index (χ4n) is 7.46. The zero-order chi connectivity index (χ0) is 37.0. The Morgan fingerprint density at radius 1 is 0.411 bits per heavy atom. The normalized spacial score (nSPS) is 11.6. The Hall–Kier alpha value is -7.42. The second kappa shape index (κ2) is 13.2. The molecule has 11 aromatic rings. The number of thiophene rings is 1. The topological polar surface area (TPSA) is 82.3 Å². The molecule has 0 bridgehead atoms. The lowest BCUT2D eigenvalue weighted by molar-refractivity contribution is 1.07. The van der Waals surface area contributed by atoms with Crippen LogP contribution in [0.4, 0.5) is 0 Å². The van der Waals surface area contributed by atoms with E-state index in [4.69, 9.17) is 29.9 Å². The van der Waals surface area contributed by atoms with Gasteiger partial charge < -0.3 is 4.57 Å². The molecule has 0 fully saturated rings. The van der Waals surface area contributed by atoms with Crippen LogP contribution in [0.1, 0.15) is 0 Å². The minimum absolute atomic E-state index is 0.551. The highest BCUT2D eigenvalue weighted by atomic mass is 32.1. The van der Waals surface area contributed by atoms with E-state index in [2.05, 4.69) is 95.6 Å². The molecule has 0 saturated carbocycles. The molecule has 0 spiro atoms. The number of pyridine rings is 1. The van der Waals surface area contributed by atoms with Gasteiger partial charge in [-0.25, -0.2) is 24.9 Å². The average Bonchev–Trinajstić information content (AvgIpc) is 3.82. The Kier molecular flexibility index (Phi) is 7.53. The van der Waals surface area contributed by atoms with Crippen molar-refractivity contribution in [1.29, 1.82) is 0 Å². The fourth-order valence-corrected chi connectivity index (χ4v) is 8.61. The van der Waals surface area contributed by atoms with E-state index in [1.54, 1.807) is 11.3 Å². The van der Waals surface area contributed by atoms with E-state index in [1.165, 1.54) is 5.39 Å². The molecule has 5 aromatic heterocycles. The van der Waals surface area contributed by atoms with Crippen molar-refractivity contribution in [3.63, 3.8) is 0 Å². The number of nitrogens with zero attached hydrogens (tertiary/aromatic N) is 7. The van der Waals surface area contributed by atoms with Gasteiger partial charge in [0.1, 0.15) is 5.69 Å². The molecule has 7 nitrogen and oxygen atoms in total. The number of benzene rings is 6. The third-order valence-electron chi connectivity index (χ3n) is 10.1. The highest BCUT2D eigenvalue weighted by Crippen LogP contribution is 2.40. The Labute approximate surface area is 325 Å². The minimum Gasteiger partial charge on any atom is -0.309 e. The van der Waals surface area contributed by atoms with E-state index >= 15 is 0 Å². The summed E-state index contributed by atoms with van der Waals surface area (Å²) in [5.74, 6) is 2.41. The van der Waals surface area contributed by atoms with Crippen LogP contribution in [-0.2, 0) is 0 Å². The quantitative estimate of drug-likeness (QED) is 0.169. The maximum atomic E-state index is 5.29. The molecule has 0 amide bonds. The largest absolute Gasteiger partial charge is 0.309 e. The van der Waals surface area contributed by atoms with E-state index in [0.717, 1.165) is 76.1 Å². The molecular formula is C48H29N7S. The summed E-state index contributed by atoms with van der Waals surface area (Å²) in [6.45, 7) is 0. The smallest absolute Gasteiger partial charge is 0.165 e. The van der Waals surface area contributed by atoms with Crippen LogP contribution in [0.15, 0.2) is 176 Å². The van der Waals surface area contributed by atoms with Gasteiger partial charge >= 0.3 is 0 Å². The lowest BCUT2D eigenvalue weighted by atomic mass is 10.1. The van der Waals surface area contributed by atoms with Crippen molar-refractivity contribution in [2.24, 2.45) is 0 Å². The molecule has 0 aliphatic carbocycles. The van der Waals surface area contributed by atoms with Gasteiger partial charge in [0.2, 0.25) is 0 Å². The fraction of sp³-hybridized carbons (Fsp3) is 0. The summed E-state index contributed by atoms with van der Waals surface area (Å²) < 4.78 is 4.47. The van der Waals surface area contributed by atoms with E-state index in [1.807, 2.05) is 85.1 Å². The Bertz CT molecular complexity index is 3170. The highest BCUT2D eigenvalue weighted by molar-refractivity contribution is 7.26. The zero-order valence-corrected chi connectivity index (χ0v) is 30.6. The maximum Gasteiger partial charge on any atom is 0.165 e. The van der Waals surface area contributed by atoms with Gasteiger partial charge in [-0.1, -0.05) is 115 Å². The van der Waals surface area contributed by atoms with Gasteiger partial charge in [-0.15, -0.1) is 11.3 Å². The SMILES string of the molecule is c1ccc(-c2nc(-c3ccccc3)nc(-c3ccc(-c4nc(-c5ccc6c(c5)c5ccccc5n6-c5ccccc5)nc5c4sc4ccccc45)nc3)n2)cc1. The molecule has 0 radical (unpaired) electrons. The molecule has 0 aliphatic heterocycles. The van der Waals surface area contributed by atoms with Gasteiger partial charge in [0, 0.05) is 55.0 Å². The number of hydrogen-bond donors (Lipinski definition) is 0. The zero-order valence-electron chi connectivity index (χ0n) is 29.8. The molecule has 0 saturated heterocycles. The van der Waals surface area contributed by atoms with Crippen LogP contribution >= 0.6 is 11.3 Å². The Morgan fingerprint density at radius 2 is 0.982 bits per heavy atom. The van der Waals surface area contributed by atoms with Crippen LogP contribution < -0.4 is 0 Å². The van der Waals surface area contributed by atoms with Gasteiger partial charge in [0.15, 0.2) is 23.3 Å². The maximum absolute atomic E-state index is 5.29. The van der Waals surface area contributed by atoms with Crippen molar-refractivity contribution in [2.45, 2.75) is 0 Å². The number of fused-ring (bicyclic) bond motifs is 6. The summed E-state index contributed by atoms with van der Waals surface area (Å²) >= 11 is 1.69. The molecule has 0 N–H and O–H groups in total. The van der Waals surface area contributed by atoms with Crippen LogP contribution in [0.5, 0.6) is 0 Å². The number of aromatic nitrogens is 7. The molecule has 5 heterocycles. The summed E-state index contributed by atoms with van der Waals surface area (Å²) in [5, 5.41) is 3.42. The number of hydrogen-bond acceptors (Lipinski definition) is 7. The summed E-state index contributed by atoms with van der Waals surface area (Å²) in [6.07, 6.45) is 1.83. The lowest BCUT2D eigenvalue weighted by Crippen LogP contribution is -2.00. The molecule has 6 aromatic carbocycles. The number of rotatable bonds is 6. The summed E-state index contributed by atoms with van der Waals surface area (Å²) in [6, 6.07) is 58.0. The van der Waals surface area contributed by atoms with E-state index in [-0.39, 0.29) is 0 Å². The predicted octanol–water partition coefficient (Wildman–Crippen LogP) is 11.9. The van der Waals surface area contributed by atoms with Crippen LogP contribution in [0.2, 0.25) is 0 Å². The van der Waals surface area contributed by atoms with Gasteiger partial charge in [0.05, 0.1) is 26.9 Å². The van der Waals surface area contributed by atoms with Crippen LogP contribution in [0, 0.1) is 0 Å². The second-order valence-corrected chi connectivity index (χ2v) is 14.6. The van der Waals surface area contributed by atoms with Gasteiger partial charge in [-0.05, 0) is 54.6 Å². The monoisotopic (exact) mass is 735 g/mol. The third kappa shape index (κ3) is 5.42. The summed E-state index contributed by atoms with van der Waals surface area (Å²) in [5.41, 5.74) is 9.42. The third-order valence-corrected chi connectivity index (χ3v) is 11.3. The first-order valence-corrected chi connectivity index (χ1v) is 19.2. The van der Waals surface area contributed by atoms with Crippen molar-refractivity contribution in [1.82, 2.24) is 34.5 Å². The van der Waals surface area contributed by atoms with Crippen LogP contribution in [-0.4, -0.2) is 34.5 Å². The van der Waals surface area contributed by atoms with Gasteiger partial charge in [0.25, 0.3) is 0 Å². The lowest BCUT2D eigenvalue weighted by Gasteiger charge is -2.10. The second-order valence-electron chi connectivity index (χ2n) is 13.6. The van der Waals surface area contributed by atoms with Gasteiger partial charge in [-0.3, -0.25) is 4.98 Å². The first-order chi connectivity index (χ1) is 27.7. The Morgan fingerprint density at radius 3 is 1.68 bits per heavy atom. The van der Waals surface area contributed by atoms with Crippen molar-refractivity contribution < 1.29 is 0 Å². The molecule has 0 atom stereocenters.